The van der Waals surface area contributed by atoms with E-state index in [9.17, 15) is 18.0 Å². The van der Waals surface area contributed by atoms with Gasteiger partial charge in [-0.15, -0.1) is 0 Å². The van der Waals surface area contributed by atoms with Crippen LogP contribution in [0.5, 0.6) is 0 Å². The van der Waals surface area contributed by atoms with Crippen LogP contribution >= 0.6 is 0 Å². The smallest absolute Gasteiger partial charge is 0.364 e. The molecular formula is C15H11F3N4O2. The molecule has 24 heavy (non-hydrogen) atoms. The summed E-state index contributed by atoms with van der Waals surface area (Å²) >= 11 is 0. The Morgan fingerprint density at radius 2 is 1.96 bits per heavy atom. The maximum atomic E-state index is 12.4. The maximum Gasteiger partial charge on any atom is 0.471 e. The summed E-state index contributed by atoms with van der Waals surface area (Å²) in [4.78, 5) is 18.2. The molecule has 2 aromatic heterocycles. The molecule has 9 heteroatoms. The molecule has 0 spiro atoms. The van der Waals surface area contributed by atoms with Gasteiger partial charge in [0, 0.05) is 23.0 Å². The lowest BCUT2D eigenvalue weighted by Gasteiger charge is -2.04. The van der Waals surface area contributed by atoms with Gasteiger partial charge in [0.05, 0.1) is 6.54 Å². The summed E-state index contributed by atoms with van der Waals surface area (Å²) in [7, 11) is 0. The Kier molecular flexibility index (Phi) is 4.07. The van der Waals surface area contributed by atoms with Crippen molar-refractivity contribution in [2.45, 2.75) is 12.7 Å². The summed E-state index contributed by atoms with van der Waals surface area (Å²) in [6, 6.07) is 9.50. The van der Waals surface area contributed by atoms with E-state index in [1.807, 2.05) is 12.1 Å². The number of nitrogens with one attached hydrogen (secondary N) is 2. The van der Waals surface area contributed by atoms with Crippen molar-refractivity contribution < 1.29 is 22.5 Å². The molecular weight excluding hydrogens is 325 g/mol. The Labute approximate surface area is 133 Å². The number of benzene rings is 1. The molecule has 0 aliphatic rings. The van der Waals surface area contributed by atoms with Crippen LogP contribution in [0.1, 0.15) is 21.9 Å². The van der Waals surface area contributed by atoms with E-state index >= 15 is 0 Å². The highest BCUT2D eigenvalue weighted by molar-refractivity contribution is 5.94. The summed E-state index contributed by atoms with van der Waals surface area (Å²) < 4.78 is 41.5. The SMILES string of the molecule is O=C(NCc1ccc[nH]1)c1ccc(-c2noc(C(F)(F)F)n2)cc1. The van der Waals surface area contributed by atoms with E-state index in [-0.39, 0.29) is 11.7 Å². The van der Waals surface area contributed by atoms with Crippen LogP contribution in [-0.4, -0.2) is 21.0 Å². The average Bonchev–Trinajstić information content (AvgIpc) is 3.23. The number of rotatable bonds is 4. The van der Waals surface area contributed by atoms with Gasteiger partial charge in [-0.3, -0.25) is 4.79 Å². The zero-order valence-electron chi connectivity index (χ0n) is 12.1. The Balaban J connectivity index is 1.68. The summed E-state index contributed by atoms with van der Waals surface area (Å²) in [5.74, 6) is -1.91. The van der Waals surface area contributed by atoms with Gasteiger partial charge in [-0.2, -0.15) is 18.2 Å². The second-order valence-corrected chi connectivity index (χ2v) is 4.88. The molecule has 1 amide bonds. The highest BCUT2D eigenvalue weighted by Crippen LogP contribution is 2.29. The molecule has 2 heterocycles. The van der Waals surface area contributed by atoms with E-state index in [4.69, 9.17) is 0 Å². The Hall–Kier alpha value is -3.10. The minimum Gasteiger partial charge on any atom is -0.364 e. The predicted molar refractivity (Wildman–Crippen MR) is 76.7 cm³/mol. The van der Waals surface area contributed by atoms with Gasteiger partial charge in [-0.05, 0) is 24.3 Å². The largest absolute Gasteiger partial charge is 0.471 e. The monoisotopic (exact) mass is 336 g/mol. The zero-order valence-corrected chi connectivity index (χ0v) is 12.1. The van der Waals surface area contributed by atoms with Gasteiger partial charge in [0.1, 0.15) is 0 Å². The number of aromatic nitrogens is 3. The van der Waals surface area contributed by atoms with E-state index in [1.54, 1.807) is 6.20 Å². The second kappa shape index (κ2) is 6.19. The predicted octanol–water partition coefficient (Wildman–Crippen LogP) is 3.01. The maximum absolute atomic E-state index is 12.4. The van der Waals surface area contributed by atoms with E-state index in [1.165, 1.54) is 24.3 Å². The molecule has 0 atom stereocenters. The fourth-order valence-corrected chi connectivity index (χ4v) is 1.98. The molecule has 1 aromatic carbocycles. The van der Waals surface area contributed by atoms with Crippen molar-refractivity contribution in [3.63, 3.8) is 0 Å². The summed E-state index contributed by atoms with van der Waals surface area (Å²) in [5, 5.41) is 6.00. The van der Waals surface area contributed by atoms with Crippen LogP contribution in [0, 0.1) is 0 Å². The van der Waals surface area contributed by atoms with E-state index in [2.05, 4.69) is 25.0 Å². The van der Waals surface area contributed by atoms with Crippen molar-refractivity contribution >= 4 is 5.91 Å². The van der Waals surface area contributed by atoms with Crippen molar-refractivity contribution in [1.29, 1.82) is 0 Å². The molecule has 3 rings (SSSR count). The fourth-order valence-electron chi connectivity index (χ4n) is 1.98. The standard InChI is InChI=1S/C15H11F3N4O2/c16-15(17,18)14-21-12(22-24-14)9-3-5-10(6-4-9)13(23)20-8-11-2-1-7-19-11/h1-7,19H,8H2,(H,20,23). The Morgan fingerprint density at radius 3 is 2.54 bits per heavy atom. The third kappa shape index (κ3) is 3.45. The minimum absolute atomic E-state index is 0.194. The average molecular weight is 336 g/mol. The number of carbonyl (C=O) groups is 1. The lowest BCUT2D eigenvalue weighted by Crippen LogP contribution is -2.22. The first-order chi connectivity index (χ1) is 11.4. The Bertz CT molecular complexity index is 823. The normalized spacial score (nSPS) is 11.5. The molecule has 0 unspecified atom stereocenters. The molecule has 0 saturated carbocycles. The van der Waals surface area contributed by atoms with Gasteiger partial charge in [0.2, 0.25) is 5.82 Å². The van der Waals surface area contributed by atoms with E-state index < -0.39 is 12.1 Å². The van der Waals surface area contributed by atoms with Gasteiger partial charge < -0.3 is 14.8 Å². The fraction of sp³-hybridized carbons (Fsp3) is 0.133. The number of H-pyrrole nitrogens is 1. The van der Waals surface area contributed by atoms with Crippen molar-refractivity contribution in [3.05, 3.63) is 59.7 Å². The molecule has 3 aromatic rings. The molecule has 0 fully saturated rings. The van der Waals surface area contributed by atoms with Crippen molar-refractivity contribution in [2.24, 2.45) is 0 Å². The van der Waals surface area contributed by atoms with Gasteiger partial charge in [0.25, 0.3) is 5.91 Å². The van der Waals surface area contributed by atoms with Gasteiger partial charge in [-0.1, -0.05) is 17.3 Å². The Morgan fingerprint density at radius 1 is 1.21 bits per heavy atom. The number of amides is 1. The molecule has 2 N–H and O–H groups in total. The third-order valence-corrected chi connectivity index (χ3v) is 3.18. The van der Waals surface area contributed by atoms with Crippen LogP contribution in [0.25, 0.3) is 11.4 Å². The van der Waals surface area contributed by atoms with Gasteiger partial charge in [-0.25, -0.2) is 0 Å². The van der Waals surface area contributed by atoms with Crippen LogP contribution in [0.4, 0.5) is 13.2 Å². The molecule has 6 nitrogen and oxygen atoms in total. The first-order valence-corrected chi connectivity index (χ1v) is 6.85. The first-order valence-electron chi connectivity index (χ1n) is 6.85. The molecule has 0 saturated heterocycles. The summed E-state index contributed by atoms with van der Waals surface area (Å²) in [6.07, 6.45) is -2.95. The highest BCUT2D eigenvalue weighted by Gasteiger charge is 2.38. The minimum atomic E-state index is -4.69. The summed E-state index contributed by atoms with van der Waals surface area (Å²) in [6.45, 7) is 0.341. The number of hydrogen-bond donors (Lipinski definition) is 2. The number of aromatic amines is 1. The van der Waals surface area contributed by atoms with Crippen molar-refractivity contribution in [2.75, 3.05) is 0 Å². The molecule has 0 bridgehead atoms. The van der Waals surface area contributed by atoms with Crippen LogP contribution in [-0.2, 0) is 12.7 Å². The van der Waals surface area contributed by atoms with Gasteiger partial charge >= 0.3 is 12.1 Å². The number of alkyl halides is 3. The molecule has 124 valence electrons. The lowest BCUT2D eigenvalue weighted by molar-refractivity contribution is -0.159. The topological polar surface area (TPSA) is 83.8 Å². The van der Waals surface area contributed by atoms with Crippen molar-refractivity contribution in [3.8, 4) is 11.4 Å². The molecule has 0 radical (unpaired) electrons. The number of nitrogens with zero attached hydrogens (tertiary/aromatic N) is 2. The highest BCUT2D eigenvalue weighted by atomic mass is 19.4. The third-order valence-electron chi connectivity index (χ3n) is 3.18. The van der Waals surface area contributed by atoms with Crippen LogP contribution < -0.4 is 5.32 Å². The van der Waals surface area contributed by atoms with Gasteiger partial charge in [0.15, 0.2) is 0 Å². The number of carbonyl (C=O) groups excluding carboxylic acids is 1. The second-order valence-electron chi connectivity index (χ2n) is 4.88. The first kappa shape index (κ1) is 15.8. The number of halogens is 3. The van der Waals surface area contributed by atoms with E-state index in [0.29, 0.717) is 17.7 Å². The quantitative estimate of drug-likeness (QED) is 0.767. The zero-order chi connectivity index (χ0) is 17.2. The molecule has 0 aliphatic carbocycles. The van der Waals surface area contributed by atoms with Crippen molar-refractivity contribution in [1.82, 2.24) is 20.4 Å². The lowest BCUT2D eigenvalue weighted by atomic mass is 10.1. The molecule has 0 aliphatic heterocycles. The van der Waals surface area contributed by atoms with E-state index in [0.717, 1.165) is 5.69 Å². The number of hydrogen-bond acceptors (Lipinski definition) is 4. The van der Waals surface area contributed by atoms with Crippen LogP contribution in [0.15, 0.2) is 47.1 Å². The summed E-state index contributed by atoms with van der Waals surface area (Å²) in [5.41, 5.74) is 1.53. The van der Waals surface area contributed by atoms with Crippen LogP contribution in [0.2, 0.25) is 0 Å². The van der Waals surface area contributed by atoms with Crippen LogP contribution in [0.3, 0.4) is 0 Å².